The molecule has 1 heterocycles. The molecule has 0 saturated carbocycles. The van der Waals surface area contributed by atoms with Gasteiger partial charge in [-0.2, -0.15) is 0 Å². The van der Waals surface area contributed by atoms with Crippen molar-refractivity contribution in [2.45, 2.75) is 12.3 Å². The third-order valence-corrected chi connectivity index (χ3v) is 11.4. The lowest BCUT2D eigenvalue weighted by molar-refractivity contribution is 0.856. The topological polar surface area (TPSA) is 8.17 Å². The zero-order valence-electron chi connectivity index (χ0n) is 32.2. The third kappa shape index (κ3) is 6.86. The van der Waals surface area contributed by atoms with Crippen LogP contribution in [0.25, 0.3) is 55.5 Å². The van der Waals surface area contributed by atoms with E-state index in [-0.39, 0.29) is 0 Å². The largest absolute Gasteiger partial charge is 0.317 e. The van der Waals surface area contributed by atoms with Gasteiger partial charge in [-0.05, 0) is 117 Å². The van der Waals surface area contributed by atoms with Gasteiger partial charge in [-0.3, -0.25) is 0 Å². The van der Waals surface area contributed by atoms with Gasteiger partial charge in [0.2, 0.25) is 0 Å². The van der Waals surface area contributed by atoms with Crippen molar-refractivity contribution in [3.63, 3.8) is 0 Å². The molecule has 0 fully saturated rings. The molecule has 1 aliphatic rings. The molecule has 8 aromatic carbocycles. The fraction of sp³-hybridized carbons (Fsp3) is 0.0357. The van der Waals surface area contributed by atoms with E-state index in [1.54, 1.807) is 0 Å². The number of allylic oxidation sites excluding steroid dienone is 4. The molecule has 1 atom stereocenters. The molecule has 1 aromatic heterocycles. The number of hydrogen-bond acceptors (Lipinski definition) is 1. The molecule has 0 amide bonds. The molecule has 0 spiro atoms. The van der Waals surface area contributed by atoms with Crippen molar-refractivity contribution in [1.82, 2.24) is 4.57 Å². The Bertz CT molecular complexity index is 2870. The summed E-state index contributed by atoms with van der Waals surface area (Å²) in [6, 6.07) is 76.7. The van der Waals surface area contributed by atoms with Gasteiger partial charge < -0.3 is 9.47 Å². The van der Waals surface area contributed by atoms with Crippen molar-refractivity contribution >= 4 is 33.5 Å². The van der Waals surface area contributed by atoms with Crippen LogP contribution in [0.5, 0.6) is 0 Å². The number of hydrogen-bond donors (Lipinski definition) is 0. The highest BCUT2D eigenvalue weighted by molar-refractivity contribution is 6.01. The van der Waals surface area contributed by atoms with Crippen molar-refractivity contribution in [3.05, 3.63) is 248 Å². The number of rotatable bonds is 9. The van der Waals surface area contributed by atoms with E-state index in [4.69, 9.17) is 0 Å². The highest BCUT2D eigenvalue weighted by atomic mass is 15.1. The van der Waals surface area contributed by atoms with E-state index in [1.165, 1.54) is 61.0 Å². The van der Waals surface area contributed by atoms with Crippen molar-refractivity contribution in [2.75, 3.05) is 4.90 Å². The van der Waals surface area contributed by atoms with E-state index in [9.17, 15) is 0 Å². The van der Waals surface area contributed by atoms with Gasteiger partial charge >= 0.3 is 0 Å². The van der Waals surface area contributed by atoms with Gasteiger partial charge in [0.05, 0.1) is 5.52 Å². The number of benzene rings is 8. The molecule has 2 nitrogen and oxygen atoms in total. The molecular weight excluding hydrogens is 701 g/mol. The minimum absolute atomic E-state index is 0.413. The first-order valence-electron chi connectivity index (χ1n) is 20.1. The molecule has 0 aliphatic heterocycles. The van der Waals surface area contributed by atoms with E-state index >= 15 is 0 Å². The minimum atomic E-state index is 0.413. The highest BCUT2D eigenvalue weighted by Gasteiger charge is 2.19. The van der Waals surface area contributed by atoms with Crippen molar-refractivity contribution < 1.29 is 0 Å². The molecule has 0 N–H and O–H groups in total. The van der Waals surface area contributed by atoms with Crippen LogP contribution in [0.4, 0.5) is 17.1 Å². The Hall–Kier alpha value is -7.42. The quantitative estimate of drug-likeness (QED) is 0.143. The van der Waals surface area contributed by atoms with Crippen LogP contribution in [-0.4, -0.2) is 4.57 Å². The molecule has 10 rings (SSSR count). The van der Waals surface area contributed by atoms with Crippen LogP contribution in [0.3, 0.4) is 0 Å². The summed E-state index contributed by atoms with van der Waals surface area (Å²) in [4.78, 5) is 2.39. The standard InChI is InChI=1S/C56H42N2/c1-5-14-41(15-6-1)43-24-26-44(27-25-43)46-30-34-50(35-31-46)58(49-32-28-45(29-33-49)42-16-7-2-8-17-42)51-36-37-53(55(40-51)47-18-9-3-10-19-47)52-22-13-23-56-54(52)38-39-57(56)48-20-11-4-12-21-48/h1-24,26-40,43H,25H2. The van der Waals surface area contributed by atoms with Gasteiger partial charge in [-0.25, -0.2) is 0 Å². The maximum atomic E-state index is 2.39. The van der Waals surface area contributed by atoms with Crippen molar-refractivity contribution in [2.24, 2.45) is 0 Å². The van der Waals surface area contributed by atoms with E-state index in [1.807, 2.05) is 0 Å². The van der Waals surface area contributed by atoms with Crippen LogP contribution in [0.15, 0.2) is 237 Å². The van der Waals surface area contributed by atoms with Crippen LogP contribution in [0.2, 0.25) is 0 Å². The molecular formula is C56H42N2. The van der Waals surface area contributed by atoms with Crippen LogP contribution in [0, 0.1) is 0 Å². The molecule has 1 unspecified atom stereocenters. The lowest BCUT2D eigenvalue weighted by atomic mass is 9.88. The summed E-state index contributed by atoms with van der Waals surface area (Å²) in [5, 5.41) is 1.22. The normalized spacial score (nSPS) is 13.7. The zero-order valence-corrected chi connectivity index (χ0v) is 32.2. The summed E-state index contributed by atoms with van der Waals surface area (Å²) in [5.74, 6) is 0.413. The third-order valence-electron chi connectivity index (χ3n) is 11.4. The second kappa shape index (κ2) is 15.6. The number of aromatic nitrogens is 1. The first kappa shape index (κ1) is 35.0. The van der Waals surface area contributed by atoms with Gasteiger partial charge in [-0.1, -0.05) is 170 Å². The fourth-order valence-corrected chi connectivity index (χ4v) is 8.44. The molecule has 1 aliphatic carbocycles. The first-order valence-corrected chi connectivity index (χ1v) is 20.1. The molecule has 2 heteroatoms. The highest BCUT2D eigenvalue weighted by Crippen LogP contribution is 2.43. The zero-order chi connectivity index (χ0) is 38.7. The van der Waals surface area contributed by atoms with Crippen LogP contribution >= 0.6 is 0 Å². The smallest absolute Gasteiger partial charge is 0.0534 e. The van der Waals surface area contributed by atoms with E-state index in [0.29, 0.717) is 5.92 Å². The molecule has 0 radical (unpaired) electrons. The Morgan fingerprint density at radius 2 is 1.02 bits per heavy atom. The van der Waals surface area contributed by atoms with Crippen LogP contribution in [-0.2, 0) is 0 Å². The van der Waals surface area contributed by atoms with E-state index < -0.39 is 0 Å². The van der Waals surface area contributed by atoms with Gasteiger partial charge in [0.1, 0.15) is 0 Å². The molecule has 276 valence electrons. The van der Waals surface area contributed by atoms with Crippen LogP contribution in [0.1, 0.15) is 23.5 Å². The number of para-hydroxylation sites is 1. The number of anilines is 3. The Kier molecular flexibility index (Phi) is 9.43. The molecule has 0 saturated heterocycles. The van der Waals surface area contributed by atoms with Crippen molar-refractivity contribution in [1.29, 1.82) is 0 Å². The first-order chi connectivity index (χ1) is 28.8. The Morgan fingerprint density at radius 3 is 1.67 bits per heavy atom. The van der Waals surface area contributed by atoms with Gasteiger partial charge in [0, 0.05) is 40.3 Å². The Labute approximate surface area is 340 Å². The monoisotopic (exact) mass is 742 g/mol. The second-order valence-corrected chi connectivity index (χ2v) is 14.9. The summed E-state index contributed by atoms with van der Waals surface area (Å²) >= 11 is 0. The maximum absolute atomic E-state index is 2.39. The van der Waals surface area contributed by atoms with E-state index in [0.717, 1.165) is 29.2 Å². The average molecular weight is 743 g/mol. The summed E-state index contributed by atoms with van der Waals surface area (Å²) in [5.41, 5.74) is 16.7. The lowest BCUT2D eigenvalue weighted by Gasteiger charge is -2.27. The average Bonchev–Trinajstić information content (AvgIpc) is 3.76. The van der Waals surface area contributed by atoms with Crippen molar-refractivity contribution in [3.8, 4) is 39.1 Å². The molecule has 9 aromatic rings. The SMILES string of the molecule is C1=CC(c2ccccc2)CC=C1c1ccc(N(c2ccc(-c3ccccc3)cc2)c2ccc(-c3cccc4c3ccn4-c3ccccc3)c(-c3ccccc3)c2)cc1. The van der Waals surface area contributed by atoms with E-state index in [2.05, 4.69) is 246 Å². The Morgan fingerprint density at radius 1 is 0.431 bits per heavy atom. The predicted molar refractivity (Wildman–Crippen MR) is 245 cm³/mol. The van der Waals surface area contributed by atoms with Gasteiger partial charge in [0.25, 0.3) is 0 Å². The second-order valence-electron chi connectivity index (χ2n) is 14.9. The molecule has 58 heavy (non-hydrogen) atoms. The lowest BCUT2D eigenvalue weighted by Crippen LogP contribution is -2.10. The number of fused-ring (bicyclic) bond motifs is 1. The summed E-state index contributed by atoms with van der Waals surface area (Å²) in [6.07, 6.45) is 10.2. The summed E-state index contributed by atoms with van der Waals surface area (Å²) in [6.45, 7) is 0. The van der Waals surface area contributed by atoms with Gasteiger partial charge in [-0.15, -0.1) is 0 Å². The maximum Gasteiger partial charge on any atom is 0.0534 e. The fourth-order valence-electron chi connectivity index (χ4n) is 8.44. The Balaban J connectivity index is 1.07. The predicted octanol–water partition coefficient (Wildman–Crippen LogP) is 15.2. The minimum Gasteiger partial charge on any atom is -0.317 e. The van der Waals surface area contributed by atoms with Crippen LogP contribution < -0.4 is 4.90 Å². The summed E-state index contributed by atoms with van der Waals surface area (Å²) < 4.78 is 2.28. The number of nitrogens with zero attached hydrogens (tertiary/aromatic N) is 2. The van der Waals surface area contributed by atoms with Gasteiger partial charge in [0.15, 0.2) is 0 Å². The molecule has 0 bridgehead atoms. The summed E-state index contributed by atoms with van der Waals surface area (Å²) in [7, 11) is 0.